The van der Waals surface area contributed by atoms with Gasteiger partial charge < -0.3 is 20.6 Å². The van der Waals surface area contributed by atoms with Crippen LogP contribution in [0.3, 0.4) is 0 Å². The molecule has 1 heterocycles. The smallest absolute Gasteiger partial charge is 0.255 e. The highest BCUT2D eigenvalue weighted by Gasteiger charge is 2.23. The summed E-state index contributed by atoms with van der Waals surface area (Å²) in [6, 6.07) is 13.9. The number of nitrogens with one attached hydrogen (secondary N) is 2. The molecule has 1 aliphatic rings. The highest BCUT2D eigenvalue weighted by atomic mass is 16.3. The first-order valence-corrected chi connectivity index (χ1v) is 10.1. The summed E-state index contributed by atoms with van der Waals surface area (Å²) in [5.41, 5.74) is 2.48. The van der Waals surface area contributed by atoms with Gasteiger partial charge in [-0.1, -0.05) is 18.2 Å². The van der Waals surface area contributed by atoms with E-state index in [2.05, 4.69) is 10.6 Å². The Morgan fingerprint density at radius 1 is 1.03 bits per heavy atom. The predicted molar refractivity (Wildman–Crippen MR) is 114 cm³/mol. The molecule has 0 atom stereocenters. The normalized spacial score (nSPS) is 14.3. The molecule has 1 aliphatic heterocycles. The maximum Gasteiger partial charge on any atom is 0.255 e. The quantitative estimate of drug-likeness (QED) is 0.682. The fraction of sp³-hybridized carbons (Fsp3) is 0.348. The number of benzene rings is 2. The van der Waals surface area contributed by atoms with Crippen molar-refractivity contribution in [3.05, 3.63) is 65.2 Å². The summed E-state index contributed by atoms with van der Waals surface area (Å²) in [5, 5.41) is 14.8. The van der Waals surface area contributed by atoms with Gasteiger partial charge >= 0.3 is 0 Å². The second-order valence-corrected chi connectivity index (χ2v) is 7.56. The SMILES string of the molecule is CC(=O)NCc1ccc(C(=O)Nc2cccc(C(=O)N3CCC(CO)CC3)c2)cc1. The number of aliphatic hydroxyl groups is 1. The van der Waals surface area contributed by atoms with E-state index in [1.165, 1.54) is 6.92 Å². The molecular formula is C23H27N3O4. The summed E-state index contributed by atoms with van der Waals surface area (Å²) in [5.74, 6) is -0.174. The minimum absolute atomic E-state index is 0.0650. The van der Waals surface area contributed by atoms with Crippen molar-refractivity contribution in [2.24, 2.45) is 5.92 Å². The van der Waals surface area contributed by atoms with Gasteiger partial charge in [-0.05, 0) is 54.7 Å². The van der Waals surface area contributed by atoms with Crippen molar-refractivity contribution in [3.8, 4) is 0 Å². The molecule has 0 radical (unpaired) electrons. The number of amides is 3. The Kier molecular flexibility index (Phi) is 7.19. The Balaban J connectivity index is 1.61. The van der Waals surface area contributed by atoms with Crippen LogP contribution in [0.15, 0.2) is 48.5 Å². The number of carbonyl (C=O) groups is 3. The van der Waals surface area contributed by atoms with Crippen LogP contribution >= 0.6 is 0 Å². The van der Waals surface area contributed by atoms with Gasteiger partial charge in [0.15, 0.2) is 0 Å². The number of carbonyl (C=O) groups excluding carboxylic acids is 3. The molecule has 2 aromatic carbocycles. The maximum atomic E-state index is 12.8. The third kappa shape index (κ3) is 5.67. The van der Waals surface area contributed by atoms with E-state index in [0.717, 1.165) is 18.4 Å². The number of likely N-dealkylation sites (tertiary alicyclic amines) is 1. The minimum atomic E-state index is -0.269. The summed E-state index contributed by atoms with van der Waals surface area (Å²) < 4.78 is 0. The van der Waals surface area contributed by atoms with Crippen molar-refractivity contribution in [1.82, 2.24) is 10.2 Å². The van der Waals surface area contributed by atoms with Crippen LogP contribution < -0.4 is 10.6 Å². The van der Waals surface area contributed by atoms with E-state index >= 15 is 0 Å². The summed E-state index contributed by atoms with van der Waals surface area (Å²) in [6.45, 7) is 3.30. The maximum absolute atomic E-state index is 12.8. The molecule has 158 valence electrons. The van der Waals surface area contributed by atoms with Crippen LogP contribution in [-0.4, -0.2) is 47.4 Å². The van der Waals surface area contributed by atoms with Crippen LogP contribution in [0.2, 0.25) is 0 Å². The molecule has 1 fully saturated rings. The Morgan fingerprint density at radius 2 is 1.73 bits per heavy atom. The molecule has 0 unspecified atom stereocenters. The first-order valence-electron chi connectivity index (χ1n) is 10.1. The Bertz CT molecular complexity index is 903. The van der Waals surface area contributed by atoms with Gasteiger partial charge in [0.05, 0.1) is 0 Å². The van der Waals surface area contributed by atoms with Crippen LogP contribution in [0.5, 0.6) is 0 Å². The molecule has 1 saturated heterocycles. The molecule has 3 N–H and O–H groups in total. The standard InChI is InChI=1S/C23H27N3O4/c1-16(28)24-14-17-5-7-19(8-6-17)22(29)25-21-4-2-3-20(13-21)23(30)26-11-9-18(15-27)10-12-26/h2-8,13,18,27H,9-12,14-15H2,1H3,(H,24,28)(H,25,29). The molecular weight excluding hydrogens is 382 g/mol. The number of piperidine rings is 1. The van der Waals surface area contributed by atoms with Gasteiger partial charge in [-0.25, -0.2) is 0 Å². The zero-order valence-corrected chi connectivity index (χ0v) is 17.1. The number of nitrogens with zero attached hydrogens (tertiary/aromatic N) is 1. The van der Waals surface area contributed by atoms with Crippen molar-refractivity contribution >= 4 is 23.4 Å². The lowest BCUT2D eigenvalue weighted by Crippen LogP contribution is -2.39. The Hall–Kier alpha value is -3.19. The van der Waals surface area contributed by atoms with Gasteiger partial charge in [0.1, 0.15) is 0 Å². The Morgan fingerprint density at radius 3 is 2.37 bits per heavy atom. The number of hydrogen-bond donors (Lipinski definition) is 3. The molecule has 3 amide bonds. The molecule has 0 bridgehead atoms. The highest BCUT2D eigenvalue weighted by Crippen LogP contribution is 2.20. The molecule has 0 aliphatic carbocycles. The predicted octanol–water partition coefficient (Wildman–Crippen LogP) is 2.42. The zero-order valence-electron chi connectivity index (χ0n) is 17.1. The lowest BCUT2D eigenvalue weighted by atomic mass is 9.97. The van der Waals surface area contributed by atoms with Gasteiger partial charge in [0.25, 0.3) is 11.8 Å². The topological polar surface area (TPSA) is 98.7 Å². The molecule has 30 heavy (non-hydrogen) atoms. The fourth-order valence-electron chi connectivity index (χ4n) is 3.43. The van der Waals surface area contributed by atoms with Crippen molar-refractivity contribution in [2.45, 2.75) is 26.3 Å². The number of hydrogen-bond acceptors (Lipinski definition) is 4. The van der Waals surface area contributed by atoms with Gasteiger partial charge in [0, 0.05) is 50.0 Å². The first kappa shape index (κ1) is 21.5. The van der Waals surface area contributed by atoms with Crippen molar-refractivity contribution in [1.29, 1.82) is 0 Å². The van der Waals surface area contributed by atoms with Crippen LogP contribution in [0.1, 0.15) is 46.0 Å². The summed E-state index contributed by atoms with van der Waals surface area (Å²) in [7, 11) is 0. The van der Waals surface area contributed by atoms with E-state index in [1.54, 1.807) is 53.4 Å². The lowest BCUT2D eigenvalue weighted by molar-refractivity contribution is -0.119. The third-order valence-electron chi connectivity index (χ3n) is 5.28. The van der Waals surface area contributed by atoms with Gasteiger partial charge in [-0.3, -0.25) is 14.4 Å². The summed E-state index contributed by atoms with van der Waals surface area (Å²) >= 11 is 0. The molecule has 2 aromatic rings. The number of rotatable bonds is 6. The number of aliphatic hydroxyl groups excluding tert-OH is 1. The van der Waals surface area contributed by atoms with Crippen LogP contribution in [0.4, 0.5) is 5.69 Å². The average molecular weight is 409 g/mol. The second-order valence-electron chi connectivity index (χ2n) is 7.56. The lowest BCUT2D eigenvalue weighted by Gasteiger charge is -2.31. The molecule has 0 spiro atoms. The van der Waals surface area contributed by atoms with E-state index in [4.69, 9.17) is 0 Å². The van der Waals surface area contributed by atoms with E-state index in [1.807, 2.05) is 0 Å². The monoisotopic (exact) mass is 409 g/mol. The Labute approximate surface area is 176 Å². The summed E-state index contributed by atoms with van der Waals surface area (Å²) in [6.07, 6.45) is 1.60. The van der Waals surface area contributed by atoms with E-state index in [-0.39, 0.29) is 30.2 Å². The van der Waals surface area contributed by atoms with Crippen LogP contribution in [-0.2, 0) is 11.3 Å². The van der Waals surface area contributed by atoms with Crippen molar-refractivity contribution < 1.29 is 19.5 Å². The molecule has 0 saturated carbocycles. The van der Waals surface area contributed by atoms with Crippen LogP contribution in [0, 0.1) is 5.92 Å². The van der Waals surface area contributed by atoms with Crippen molar-refractivity contribution in [3.63, 3.8) is 0 Å². The van der Waals surface area contributed by atoms with Gasteiger partial charge in [-0.2, -0.15) is 0 Å². The molecule has 7 nitrogen and oxygen atoms in total. The molecule has 3 rings (SSSR count). The van der Waals surface area contributed by atoms with E-state index in [9.17, 15) is 19.5 Å². The first-order chi connectivity index (χ1) is 14.5. The third-order valence-corrected chi connectivity index (χ3v) is 5.28. The van der Waals surface area contributed by atoms with Gasteiger partial charge in [-0.15, -0.1) is 0 Å². The molecule has 7 heteroatoms. The fourth-order valence-corrected chi connectivity index (χ4v) is 3.43. The second kappa shape index (κ2) is 10.0. The minimum Gasteiger partial charge on any atom is -0.396 e. The average Bonchev–Trinajstić information content (AvgIpc) is 2.77. The van der Waals surface area contributed by atoms with Gasteiger partial charge in [0.2, 0.25) is 5.91 Å². The van der Waals surface area contributed by atoms with E-state index in [0.29, 0.717) is 36.4 Å². The summed E-state index contributed by atoms with van der Waals surface area (Å²) in [4.78, 5) is 38.1. The zero-order chi connectivity index (χ0) is 21.5. The number of anilines is 1. The molecule has 0 aromatic heterocycles. The van der Waals surface area contributed by atoms with E-state index < -0.39 is 0 Å². The largest absolute Gasteiger partial charge is 0.396 e. The van der Waals surface area contributed by atoms with Crippen LogP contribution in [0.25, 0.3) is 0 Å². The highest BCUT2D eigenvalue weighted by molar-refractivity contribution is 6.05. The van der Waals surface area contributed by atoms with Crippen molar-refractivity contribution in [2.75, 3.05) is 25.0 Å².